The zero-order valence-corrected chi connectivity index (χ0v) is 9.57. The standard InChI is InChI=1S/C11H12OS2/c1-8-2-3-11(14-8)10(12)6-9-4-5-13-7-9/h2-5,7,10,12H,6H2,1H3. The summed E-state index contributed by atoms with van der Waals surface area (Å²) in [5.41, 5.74) is 1.22. The van der Waals surface area contributed by atoms with Crippen LogP contribution in [0.25, 0.3) is 0 Å². The monoisotopic (exact) mass is 224 g/mol. The molecule has 1 unspecified atom stereocenters. The van der Waals surface area contributed by atoms with Gasteiger partial charge < -0.3 is 5.11 Å². The van der Waals surface area contributed by atoms with E-state index in [1.165, 1.54) is 10.4 Å². The molecule has 2 heterocycles. The van der Waals surface area contributed by atoms with Crippen molar-refractivity contribution < 1.29 is 5.11 Å². The van der Waals surface area contributed by atoms with Crippen LogP contribution in [0.15, 0.2) is 29.0 Å². The number of aliphatic hydroxyl groups excluding tert-OH is 1. The van der Waals surface area contributed by atoms with E-state index < -0.39 is 0 Å². The zero-order valence-electron chi connectivity index (χ0n) is 7.93. The molecule has 1 nitrogen and oxygen atoms in total. The van der Waals surface area contributed by atoms with E-state index in [-0.39, 0.29) is 6.10 Å². The summed E-state index contributed by atoms with van der Waals surface area (Å²) in [6, 6.07) is 6.13. The Bertz CT molecular complexity index is 389. The summed E-state index contributed by atoms with van der Waals surface area (Å²) in [6.45, 7) is 2.06. The molecule has 0 aliphatic rings. The first-order valence-electron chi connectivity index (χ1n) is 4.51. The molecule has 0 amide bonds. The molecular formula is C11H12OS2. The van der Waals surface area contributed by atoms with Crippen molar-refractivity contribution in [1.82, 2.24) is 0 Å². The van der Waals surface area contributed by atoms with Gasteiger partial charge in [0.1, 0.15) is 0 Å². The lowest BCUT2D eigenvalue weighted by molar-refractivity contribution is 0.182. The van der Waals surface area contributed by atoms with Gasteiger partial charge in [-0.1, -0.05) is 0 Å². The molecule has 2 rings (SSSR count). The summed E-state index contributed by atoms with van der Waals surface area (Å²) in [5, 5.41) is 14.1. The molecule has 0 aliphatic heterocycles. The van der Waals surface area contributed by atoms with Crippen molar-refractivity contribution in [1.29, 1.82) is 0 Å². The predicted octanol–water partition coefficient (Wildman–Crippen LogP) is 3.39. The Kier molecular flexibility index (Phi) is 3.01. The number of aryl methyl sites for hydroxylation is 1. The highest BCUT2D eigenvalue weighted by Crippen LogP contribution is 2.25. The molecule has 0 aromatic carbocycles. The smallest absolute Gasteiger partial charge is 0.0922 e. The highest BCUT2D eigenvalue weighted by Gasteiger charge is 2.10. The molecule has 3 heteroatoms. The SMILES string of the molecule is Cc1ccc(C(O)Cc2ccsc2)s1. The lowest BCUT2D eigenvalue weighted by Gasteiger charge is -2.06. The highest BCUT2D eigenvalue weighted by molar-refractivity contribution is 7.12. The molecule has 0 aliphatic carbocycles. The van der Waals surface area contributed by atoms with Gasteiger partial charge >= 0.3 is 0 Å². The molecule has 74 valence electrons. The van der Waals surface area contributed by atoms with E-state index >= 15 is 0 Å². The van der Waals surface area contributed by atoms with Gasteiger partial charge in [-0.2, -0.15) is 11.3 Å². The summed E-state index contributed by atoms with van der Waals surface area (Å²) < 4.78 is 0. The third kappa shape index (κ3) is 2.23. The Hall–Kier alpha value is -0.640. The second kappa shape index (κ2) is 4.26. The molecule has 0 spiro atoms. The third-order valence-electron chi connectivity index (χ3n) is 2.10. The molecule has 0 fully saturated rings. The van der Waals surface area contributed by atoms with Gasteiger partial charge in [0.15, 0.2) is 0 Å². The minimum atomic E-state index is -0.344. The number of hydrogen-bond donors (Lipinski definition) is 1. The van der Waals surface area contributed by atoms with Crippen molar-refractivity contribution in [2.45, 2.75) is 19.4 Å². The van der Waals surface area contributed by atoms with E-state index in [1.807, 2.05) is 11.4 Å². The van der Waals surface area contributed by atoms with E-state index in [4.69, 9.17) is 0 Å². The van der Waals surface area contributed by atoms with Gasteiger partial charge in [0.05, 0.1) is 6.10 Å². The first kappa shape index (κ1) is 9.90. The predicted molar refractivity (Wildman–Crippen MR) is 62.0 cm³/mol. The lowest BCUT2D eigenvalue weighted by Crippen LogP contribution is -1.97. The number of aliphatic hydroxyl groups is 1. The minimum Gasteiger partial charge on any atom is -0.387 e. The average Bonchev–Trinajstić information content (AvgIpc) is 2.75. The minimum absolute atomic E-state index is 0.344. The van der Waals surface area contributed by atoms with E-state index in [0.29, 0.717) is 0 Å². The van der Waals surface area contributed by atoms with Gasteiger partial charge in [0.25, 0.3) is 0 Å². The largest absolute Gasteiger partial charge is 0.387 e. The maximum Gasteiger partial charge on any atom is 0.0922 e. The van der Waals surface area contributed by atoms with Gasteiger partial charge in [-0.05, 0) is 41.4 Å². The summed E-state index contributed by atoms with van der Waals surface area (Å²) in [4.78, 5) is 2.32. The molecule has 1 N–H and O–H groups in total. The van der Waals surface area contributed by atoms with E-state index in [9.17, 15) is 5.11 Å². The van der Waals surface area contributed by atoms with Gasteiger partial charge in [0.2, 0.25) is 0 Å². The van der Waals surface area contributed by atoms with Gasteiger partial charge in [-0.15, -0.1) is 11.3 Å². The lowest BCUT2D eigenvalue weighted by atomic mass is 10.1. The highest BCUT2D eigenvalue weighted by atomic mass is 32.1. The Morgan fingerprint density at radius 3 is 2.79 bits per heavy atom. The summed E-state index contributed by atoms with van der Waals surface area (Å²) in [6.07, 6.45) is 0.381. The van der Waals surface area contributed by atoms with Gasteiger partial charge in [-0.25, -0.2) is 0 Å². The van der Waals surface area contributed by atoms with Crippen molar-refractivity contribution in [2.75, 3.05) is 0 Å². The molecule has 0 saturated heterocycles. The molecule has 2 aromatic rings. The van der Waals surface area contributed by atoms with Gasteiger partial charge in [-0.3, -0.25) is 0 Å². The molecule has 0 radical (unpaired) electrons. The molecule has 0 saturated carbocycles. The summed E-state index contributed by atoms with van der Waals surface area (Å²) >= 11 is 3.35. The van der Waals surface area contributed by atoms with Crippen molar-refractivity contribution in [3.8, 4) is 0 Å². The van der Waals surface area contributed by atoms with E-state index in [2.05, 4.69) is 24.4 Å². The Balaban J connectivity index is 2.06. The molecule has 14 heavy (non-hydrogen) atoms. The fourth-order valence-electron chi connectivity index (χ4n) is 1.37. The van der Waals surface area contributed by atoms with Crippen LogP contribution in [0.3, 0.4) is 0 Å². The fourth-order valence-corrected chi connectivity index (χ4v) is 2.91. The maximum atomic E-state index is 9.92. The Morgan fingerprint density at radius 1 is 1.36 bits per heavy atom. The van der Waals surface area contributed by atoms with Crippen LogP contribution in [0.4, 0.5) is 0 Å². The average molecular weight is 224 g/mol. The van der Waals surface area contributed by atoms with Crippen LogP contribution >= 0.6 is 22.7 Å². The fraction of sp³-hybridized carbons (Fsp3) is 0.273. The van der Waals surface area contributed by atoms with Crippen LogP contribution in [-0.2, 0) is 6.42 Å². The number of hydrogen-bond acceptors (Lipinski definition) is 3. The first-order valence-corrected chi connectivity index (χ1v) is 6.27. The first-order chi connectivity index (χ1) is 6.75. The van der Waals surface area contributed by atoms with Crippen LogP contribution in [-0.4, -0.2) is 5.11 Å². The molecule has 1 atom stereocenters. The second-order valence-electron chi connectivity index (χ2n) is 3.30. The van der Waals surface area contributed by atoms with Crippen molar-refractivity contribution in [3.05, 3.63) is 44.3 Å². The zero-order chi connectivity index (χ0) is 9.97. The number of rotatable bonds is 3. The van der Waals surface area contributed by atoms with Crippen LogP contribution in [0.2, 0.25) is 0 Å². The van der Waals surface area contributed by atoms with Gasteiger partial charge in [0, 0.05) is 16.2 Å². The number of thiophene rings is 2. The van der Waals surface area contributed by atoms with Crippen LogP contribution in [0, 0.1) is 6.92 Å². The van der Waals surface area contributed by atoms with E-state index in [1.54, 1.807) is 22.7 Å². The topological polar surface area (TPSA) is 20.2 Å². The molecule has 0 bridgehead atoms. The van der Waals surface area contributed by atoms with Crippen LogP contribution < -0.4 is 0 Å². The van der Waals surface area contributed by atoms with Crippen molar-refractivity contribution in [3.63, 3.8) is 0 Å². The molecule has 2 aromatic heterocycles. The second-order valence-corrected chi connectivity index (χ2v) is 5.40. The Labute approximate surface area is 91.7 Å². The maximum absolute atomic E-state index is 9.92. The van der Waals surface area contributed by atoms with Crippen molar-refractivity contribution >= 4 is 22.7 Å². The third-order valence-corrected chi connectivity index (χ3v) is 3.93. The van der Waals surface area contributed by atoms with E-state index in [0.717, 1.165) is 11.3 Å². The summed E-state index contributed by atoms with van der Waals surface area (Å²) in [5.74, 6) is 0. The summed E-state index contributed by atoms with van der Waals surface area (Å²) in [7, 11) is 0. The quantitative estimate of drug-likeness (QED) is 0.847. The van der Waals surface area contributed by atoms with Crippen LogP contribution in [0.5, 0.6) is 0 Å². The van der Waals surface area contributed by atoms with Crippen LogP contribution in [0.1, 0.15) is 21.4 Å². The molecular weight excluding hydrogens is 212 g/mol. The van der Waals surface area contributed by atoms with Crippen molar-refractivity contribution in [2.24, 2.45) is 0 Å². The normalized spacial score (nSPS) is 13.0. The Morgan fingerprint density at radius 2 is 2.21 bits per heavy atom.